The van der Waals surface area contributed by atoms with Gasteiger partial charge in [-0.05, 0) is 36.5 Å². The Labute approximate surface area is 116 Å². The number of nitrogens with zero attached hydrogens (tertiary/aromatic N) is 2. The van der Waals surface area contributed by atoms with E-state index in [1.807, 2.05) is 18.2 Å². The molecule has 1 N–H and O–H groups in total. The van der Waals surface area contributed by atoms with Gasteiger partial charge in [-0.1, -0.05) is 24.3 Å². The van der Waals surface area contributed by atoms with Gasteiger partial charge in [0.05, 0.1) is 6.20 Å². The minimum atomic E-state index is -1.06. The van der Waals surface area contributed by atoms with Crippen molar-refractivity contribution in [1.29, 1.82) is 0 Å². The Bertz CT molecular complexity index is 643. The van der Waals surface area contributed by atoms with Crippen molar-refractivity contribution < 1.29 is 14.6 Å². The van der Waals surface area contributed by atoms with E-state index in [9.17, 15) is 4.79 Å². The Morgan fingerprint density at radius 2 is 2.15 bits per heavy atom. The van der Waals surface area contributed by atoms with Crippen LogP contribution in [0.25, 0.3) is 0 Å². The molecule has 1 unspecified atom stereocenters. The van der Waals surface area contributed by atoms with Gasteiger partial charge in [-0.15, -0.1) is 5.10 Å². The molecular formula is C15H14N2O3. The van der Waals surface area contributed by atoms with Crippen molar-refractivity contribution in [1.82, 2.24) is 10.2 Å². The average molecular weight is 270 g/mol. The van der Waals surface area contributed by atoms with Crippen LogP contribution < -0.4 is 4.74 Å². The van der Waals surface area contributed by atoms with Crippen LogP contribution in [0.3, 0.4) is 0 Å². The van der Waals surface area contributed by atoms with Crippen molar-refractivity contribution in [2.75, 3.05) is 0 Å². The molecule has 0 saturated heterocycles. The Hall–Kier alpha value is -2.43. The molecule has 0 spiro atoms. The number of hydrogen-bond donors (Lipinski definition) is 1. The molecule has 0 saturated carbocycles. The van der Waals surface area contributed by atoms with Gasteiger partial charge in [0.15, 0.2) is 0 Å². The highest BCUT2D eigenvalue weighted by Gasteiger charge is 2.24. The minimum Gasteiger partial charge on any atom is -0.477 e. The highest BCUT2D eigenvalue weighted by Crippen LogP contribution is 2.33. The van der Waals surface area contributed by atoms with Crippen LogP contribution in [-0.2, 0) is 6.42 Å². The molecule has 2 aromatic rings. The molecule has 0 bridgehead atoms. The van der Waals surface area contributed by atoms with Gasteiger partial charge >= 0.3 is 5.97 Å². The lowest BCUT2D eigenvalue weighted by molar-refractivity contribution is 0.0685. The first-order chi connectivity index (χ1) is 9.75. The molecule has 1 heterocycles. The Morgan fingerprint density at radius 1 is 1.30 bits per heavy atom. The molecule has 1 aliphatic rings. The Kier molecular flexibility index (Phi) is 3.33. The summed E-state index contributed by atoms with van der Waals surface area (Å²) in [6, 6.07) is 9.48. The second-order valence-corrected chi connectivity index (χ2v) is 4.75. The number of ether oxygens (including phenoxy) is 1. The van der Waals surface area contributed by atoms with Crippen LogP contribution in [0.5, 0.6) is 5.88 Å². The molecule has 20 heavy (non-hydrogen) atoms. The molecule has 0 radical (unpaired) electrons. The molecule has 3 rings (SSSR count). The van der Waals surface area contributed by atoms with Gasteiger partial charge in [-0.3, -0.25) is 0 Å². The zero-order valence-corrected chi connectivity index (χ0v) is 10.8. The third kappa shape index (κ3) is 2.34. The SMILES string of the molecule is O=C(O)c1ccnnc1OC1CCCc2ccccc21. The second-order valence-electron chi connectivity index (χ2n) is 4.75. The molecule has 5 nitrogen and oxygen atoms in total. The van der Waals surface area contributed by atoms with E-state index in [-0.39, 0.29) is 17.5 Å². The highest BCUT2D eigenvalue weighted by molar-refractivity contribution is 5.89. The summed E-state index contributed by atoms with van der Waals surface area (Å²) in [5.74, 6) is -0.972. The molecule has 0 aliphatic heterocycles. The molecule has 1 aromatic heterocycles. The summed E-state index contributed by atoms with van der Waals surface area (Å²) < 4.78 is 5.82. The first-order valence-corrected chi connectivity index (χ1v) is 6.55. The van der Waals surface area contributed by atoms with Crippen LogP contribution >= 0.6 is 0 Å². The molecule has 5 heteroatoms. The van der Waals surface area contributed by atoms with E-state index in [0.717, 1.165) is 24.8 Å². The quantitative estimate of drug-likeness (QED) is 0.928. The lowest BCUT2D eigenvalue weighted by Crippen LogP contribution is -2.17. The molecule has 102 valence electrons. The number of benzene rings is 1. The first kappa shape index (κ1) is 12.6. The third-order valence-corrected chi connectivity index (χ3v) is 3.49. The topological polar surface area (TPSA) is 72.3 Å². The monoisotopic (exact) mass is 270 g/mol. The van der Waals surface area contributed by atoms with Crippen molar-refractivity contribution in [3.63, 3.8) is 0 Å². The van der Waals surface area contributed by atoms with E-state index < -0.39 is 5.97 Å². The third-order valence-electron chi connectivity index (χ3n) is 3.49. The van der Waals surface area contributed by atoms with Gasteiger partial charge < -0.3 is 9.84 Å². The van der Waals surface area contributed by atoms with Crippen molar-refractivity contribution in [2.24, 2.45) is 0 Å². The first-order valence-electron chi connectivity index (χ1n) is 6.55. The number of carboxylic acids is 1. The average Bonchev–Trinajstić information content (AvgIpc) is 2.48. The van der Waals surface area contributed by atoms with E-state index in [1.165, 1.54) is 17.8 Å². The fraction of sp³-hybridized carbons (Fsp3) is 0.267. The predicted octanol–water partition coefficient (Wildman–Crippen LogP) is 2.63. The number of hydrogen-bond acceptors (Lipinski definition) is 4. The Balaban J connectivity index is 1.92. The van der Waals surface area contributed by atoms with Gasteiger partial charge in [0.25, 0.3) is 0 Å². The smallest absolute Gasteiger partial charge is 0.341 e. The summed E-state index contributed by atoms with van der Waals surface area (Å²) in [5, 5.41) is 16.7. The number of aromatic nitrogens is 2. The van der Waals surface area contributed by atoms with Gasteiger partial charge in [0, 0.05) is 0 Å². The van der Waals surface area contributed by atoms with Crippen LogP contribution in [-0.4, -0.2) is 21.3 Å². The number of carboxylic acid groups (broad SMARTS) is 1. The number of fused-ring (bicyclic) bond motifs is 1. The van der Waals surface area contributed by atoms with Crippen molar-refractivity contribution in [3.05, 3.63) is 53.2 Å². The molecule has 1 aliphatic carbocycles. The predicted molar refractivity (Wildman–Crippen MR) is 71.7 cm³/mol. The Morgan fingerprint density at radius 3 is 3.00 bits per heavy atom. The summed E-state index contributed by atoms with van der Waals surface area (Å²) in [7, 11) is 0. The molecule has 1 aromatic carbocycles. The molecule has 1 atom stereocenters. The highest BCUT2D eigenvalue weighted by atomic mass is 16.5. The molecule has 0 amide bonds. The largest absolute Gasteiger partial charge is 0.477 e. The second kappa shape index (κ2) is 5.28. The maximum absolute atomic E-state index is 11.2. The fourth-order valence-electron chi connectivity index (χ4n) is 2.54. The van der Waals surface area contributed by atoms with Gasteiger partial charge in [0.1, 0.15) is 11.7 Å². The normalized spacial score (nSPS) is 17.3. The summed E-state index contributed by atoms with van der Waals surface area (Å²) >= 11 is 0. The van der Waals surface area contributed by atoms with Crippen LogP contribution in [0.15, 0.2) is 36.5 Å². The summed E-state index contributed by atoms with van der Waals surface area (Å²) in [6.45, 7) is 0. The number of rotatable bonds is 3. The zero-order chi connectivity index (χ0) is 13.9. The zero-order valence-electron chi connectivity index (χ0n) is 10.8. The maximum atomic E-state index is 11.2. The van der Waals surface area contributed by atoms with Crippen molar-refractivity contribution >= 4 is 5.97 Å². The van der Waals surface area contributed by atoms with Gasteiger partial charge in [-0.25, -0.2) is 4.79 Å². The molecular weight excluding hydrogens is 256 g/mol. The van der Waals surface area contributed by atoms with Crippen LogP contribution in [0.2, 0.25) is 0 Å². The van der Waals surface area contributed by atoms with Crippen molar-refractivity contribution in [2.45, 2.75) is 25.4 Å². The van der Waals surface area contributed by atoms with Crippen LogP contribution in [0.1, 0.15) is 40.4 Å². The standard InChI is InChI=1S/C15H14N2O3/c18-15(19)12-8-9-16-17-14(12)20-13-7-3-5-10-4-1-2-6-11(10)13/h1-2,4,6,8-9,13H,3,5,7H2,(H,18,19). The fourth-order valence-corrected chi connectivity index (χ4v) is 2.54. The van der Waals surface area contributed by atoms with E-state index in [0.29, 0.717) is 0 Å². The lowest BCUT2D eigenvalue weighted by Gasteiger charge is -2.25. The summed E-state index contributed by atoms with van der Waals surface area (Å²) in [6.07, 6.45) is 4.10. The van der Waals surface area contributed by atoms with E-state index in [1.54, 1.807) is 0 Å². The number of carbonyl (C=O) groups is 1. The van der Waals surface area contributed by atoms with Gasteiger partial charge in [0.2, 0.25) is 5.88 Å². The maximum Gasteiger partial charge on any atom is 0.341 e. The van der Waals surface area contributed by atoms with Gasteiger partial charge in [-0.2, -0.15) is 5.10 Å². The van der Waals surface area contributed by atoms with E-state index in [4.69, 9.17) is 9.84 Å². The minimum absolute atomic E-state index is 0.0445. The summed E-state index contributed by atoms with van der Waals surface area (Å²) in [5.41, 5.74) is 2.41. The van der Waals surface area contributed by atoms with Crippen molar-refractivity contribution in [3.8, 4) is 5.88 Å². The number of aryl methyl sites for hydroxylation is 1. The van der Waals surface area contributed by atoms with Crippen LogP contribution in [0.4, 0.5) is 0 Å². The van der Waals surface area contributed by atoms with Crippen LogP contribution in [0, 0.1) is 0 Å². The lowest BCUT2D eigenvalue weighted by atomic mass is 9.89. The van der Waals surface area contributed by atoms with E-state index >= 15 is 0 Å². The molecule has 0 fully saturated rings. The van der Waals surface area contributed by atoms with E-state index in [2.05, 4.69) is 16.3 Å². The summed E-state index contributed by atoms with van der Waals surface area (Å²) in [4.78, 5) is 11.2. The number of aromatic carboxylic acids is 1.